The van der Waals surface area contributed by atoms with E-state index in [2.05, 4.69) is 0 Å². The molecule has 6 nitrogen and oxygen atoms in total. The number of hydrogen-bond acceptors (Lipinski definition) is 5. The first-order chi connectivity index (χ1) is 15.1. The lowest BCUT2D eigenvalue weighted by molar-refractivity contribution is -0.149. The number of rotatable bonds is 5. The summed E-state index contributed by atoms with van der Waals surface area (Å²) < 4.78 is 10.5. The first-order valence-electron chi connectivity index (χ1n) is 10.6. The van der Waals surface area contributed by atoms with E-state index in [1.54, 1.807) is 7.11 Å². The molecule has 3 aromatic rings. The fraction of sp³-hybridized carbons (Fsp3) is 0.320. The van der Waals surface area contributed by atoms with Gasteiger partial charge in [0.2, 0.25) is 0 Å². The van der Waals surface area contributed by atoms with Crippen molar-refractivity contribution in [1.82, 2.24) is 9.88 Å². The monoisotopic (exact) mass is 418 g/mol. The zero-order valence-electron chi connectivity index (χ0n) is 17.8. The van der Waals surface area contributed by atoms with Crippen LogP contribution in [0.15, 0.2) is 54.6 Å². The molecule has 0 N–H and O–H groups in total. The van der Waals surface area contributed by atoms with E-state index in [4.69, 9.17) is 14.5 Å². The molecule has 1 amide bonds. The lowest BCUT2D eigenvalue weighted by Gasteiger charge is -2.31. The summed E-state index contributed by atoms with van der Waals surface area (Å²) in [6, 6.07) is 17.2. The topological polar surface area (TPSA) is 68.7 Å². The fourth-order valence-corrected chi connectivity index (χ4v) is 4.03. The summed E-state index contributed by atoms with van der Waals surface area (Å²) in [5.74, 6) is 0.404. The van der Waals surface area contributed by atoms with E-state index in [0.717, 1.165) is 27.9 Å². The first-order valence-corrected chi connectivity index (χ1v) is 10.6. The number of likely N-dealkylation sites (tertiary alicyclic amines) is 1. The van der Waals surface area contributed by atoms with Crippen molar-refractivity contribution in [2.75, 3.05) is 26.8 Å². The van der Waals surface area contributed by atoms with Crippen molar-refractivity contribution in [3.05, 3.63) is 60.2 Å². The largest absolute Gasteiger partial charge is 0.497 e. The third kappa shape index (κ3) is 4.38. The molecule has 1 saturated heterocycles. The number of amides is 1. The molecule has 1 aliphatic rings. The number of carbonyl (C=O) groups excluding carboxylic acids is 2. The summed E-state index contributed by atoms with van der Waals surface area (Å²) in [5, 5.41) is 0.826. The zero-order chi connectivity index (χ0) is 21.8. The molecule has 31 heavy (non-hydrogen) atoms. The Morgan fingerprint density at radius 3 is 2.58 bits per heavy atom. The van der Waals surface area contributed by atoms with Crippen LogP contribution in [0.1, 0.15) is 30.1 Å². The molecule has 0 radical (unpaired) electrons. The fourth-order valence-electron chi connectivity index (χ4n) is 4.03. The van der Waals surface area contributed by atoms with Gasteiger partial charge in [0.05, 0.1) is 36.4 Å². The molecule has 0 atom stereocenters. The molecule has 0 saturated carbocycles. The van der Waals surface area contributed by atoms with Crippen molar-refractivity contribution in [3.8, 4) is 17.0 Å². The lowest BCUT2D eigenvalue weighted by Crippen LogP contribution is -2.40. The Kier molecular flexibility index (Phi) is 6.16. The molecule has 0 unspecified atom stereocenters. The Balaban J connectivity index is 1.65. The summed E-state index contributed by atoms with van der Waals surface area (Å²) in [7, 11) is 1.63. The number of hydrogen-bond donors (Lipinski definition) is 0. The number of pyridine rings is 1. The minimum absolute atomic E-state index is 0.0370. The molecule has 0 aliphatic carbocycles. The average molecular weight is 418 g/mol. The van der Waals surface area contributed by atoms with Crippen molar-refractivity contribution >= 4 is 22.8 Å². The summed E-state index contributed by atoms with van der Waals surface area (Å²) in [5.41, 5.74) is 3.01. The maximum Gasteiger partial charge on any atom is 0.309 e. The van der Waals surface area contributed by atoms with Crippen LogP contribution >= 0.6 is 0 Å². The van der Waals surface area contributed by atoms with Crippen LogP contribution in [0.25, 0.3) is 22.2 Å². The van der Waals surface area contributed by atoms with Gasteiger partial charge in [0.1, 0.15) is 5.75 Å². The molecule has 2 aromatic carbocycles. The number of piperidine rings is 1. The van der Waals surface area contributed by atoms with Gasteiger partial charge in [-0.1, -0.05) is 30.3 Å². The Morgan fingerprint density at radius 1 is 1.06 bits per heavy atom. The van der Waals surface area contributed by atoms with Crippen LogP contribution in [-0.2, 0) is 9.53 Å². The first kappa shape index (κ1) is 20.8. The van der Waals surface area contributed by atoms with Crippen molar-refractivity contribution in [2.45, 2.75) is 19.8 Å². The van der Waals surface area contributed by atoms with E-state index >= 15 is 0 Å². The quantitative estimate of drug-likeness (QED) is 0.577. The zero-order valence-corrected chi connectivity index (χ0v) is 17.8. The van der Waals surface area contributed by atoms with Gasteiger partial charge in [-0.05, 0) is 44.0 Å². The van der Waals surface area contributed by atoms with Gasteiger partial charge in [0.25, 0.3) is 5.91 Å². The number of fused-ring (bicyclic) bond motifs is 1. The second-order valence-electron chi connectivity index (χ2n) is 7.62. The molecular formula is C25H26N2O4. The van der Waals surface area contributed by atoms with Crippen molar-refractivity contribution < 1.29 is 19.1 Å². The van der Waals surface area contributed by atoms with Crippen LogP contribution in [0.3, 0.4) is 0 Å². The number of para-hydroxylation sites is 1. The minimum atomic E-state index is -0.163. The molecule has 1 aliphatic heterocycles. The van der Waals surface area contributed by atoms with Gasteiger partial charge in [-0.15, -0.1) is 0 Å². The highest BCUT2D eigenvalue weighted by Crippen LogP contribution is 2.29. The SMILES string of the molecule is CCOC(=O)C1CCN(C(=O)c2cc(-c3cccc(OC)c3)nc3ccccc23)CC1. The van der Waals surface area contributed by atoms with E-state index in [1.165, 1.54) is 0 Å². The molecule has 0 spiro atoms. The van der Waals surface area contributed by atoms with Crippen LogP contribution in [0.5, 0.6) is 5.75 Å². The average Bonchev–Trinajstić information content (AvgIpc) is 2.83. The van der Waals surface area contributed by atoms with Gasteiger partial charge in [0.15, 0.2) is 0 Å². The Morgan fingerprint density at radius 2 is 1.84 bits per heavy atom. The highest BCUT2D eigenvalue weighted by molar-refractivity contribution is 6.07. The summed E-state index contributed by atoms with van der Waals surface area (Å²) in [4.78, 5) is 32.1. The van der Waals surface area contributed by atoms with Gasteiger partial charge in [-0.3, -0.25) is 9.59 Å². The molecular weight excluding hydrogens is 392 g/mol. The van der Waals surface area contributed by atoms with E-state index in [0.29, 0.717) is 38.1 Å². The maximum atomic E-state index is 13.5. The lowest BCUT2D eigenvalue weighted by atomic mass is 9.95. The van der Waals surface area contributed by atoms with E-state index in [1.807, 2.05) is 66.4 Å². The van der Waals surface area contributed by atoms with Crippen LogP contribution in [-0.4, -0.2) is 48.6 Å². The number of esters is 1. The van der Waals surface area contributed by atoms with Gasteiger partial charge < -0.3 is 14.4 Å². The molecule has 1 fully saturated rings. The number of aromatic nitrogens is 1. The van der Waals surface area contributed by atoms with Crippen molar-refractivity contribution in [1.29, 1.82) is 0 Å². The highest BCUT2D eigenvalue weighted by Gasteiger charge is 2.29. The van der Waals surface area contributed by atoms with Gasteiger partial charge in [-0.25, -0.2) is 4.98 Å². The Hall–Kier alpha value is -3.41. The van der Waals surface area contributed by atoms with Gasteiger partial charge in [0, 0.05) is 24.0 Å². The minimum Gasteiger partial charge on any atom is -0.497 e. The second-order valence-corrected chi connectivity index (χ2v) is 7.62. The molecule has 4 rings (SSSR count). The van der Waals surface area contributed by atoms with Crippen molar-refractivity contribution in [2.24, 2.45) is 5.92 Å². The molecule has 0 bridgehead atoms. The number of ether oxygens (including phenoxy) is 2. The maximum absolute atomic E-state index is 13.5. The molecule has 2 heterocycles. The van der Waals surface area contributed by atoms with E-state index in [-0.39, 0.29) is 17.8 Å². The van der Waals surface area contributed by atoms with Crippen LogP contribution in [0.4, 0.5) is 0 Å². The number of benzene rings is 2. The number of methoxy groups -OCH3 is 1. The third-order valence-electron chi connectivity index (χ3n) is 5.71. The Labute approximate surface area is 181 Å². The van der Waals surface area contributed by atoms with Gasteiger partial charge in [-0.2, -0.15) is 0 Å². The number of nitrogens with zero attached hydrogens (tertiary/aromatic N) is 2. The summed E-state index contributed by atoms with van der Waals surface area (Å²) in [6.45, 7) is 3.26. The smallest absolute Gasteiger partial charge is 0.309 e. The van der Waals surface area contributed by atoms with Crippen LogP contribution < -0.4 is 4.74 Å². The molecule has 160 valence electrons. The summed E-state index contributed by atoms with van der Waals surface area (Å²) in [6.07, 6.45) is 1.24. The van der Waals surface area contributed by atoms with Crippen LogP contribution in [0.2, 0.25) is 0 Å². The van der Waals surface area contributed by atoms with Gasteiger partial charge >= 0.3 is 5.97 Å². The predicted molar refractivity (Wildman–Crippen MR) is 119 cm³/mol. The highest BCUT2D eigenvalue weighted by atomic mass is 16.5. The predicted octanol–water partition coefficient (Wildman–Crippen LogP) is 4.33. The second kappa shape index (κ2) is 9.16. The molecule has 6 heteroatoms. The third-order valence-corrected chi connectivity index (χ3v) is 5.71. The summed E-state index contributed by atoms with van der Waals surface area (Å²) >= 11 is 0. The van der Waals surface area contributed by atoms with Crippen molar-refractivity contribution in [3.63, 3.8) is 0 Å². The van der Waals surface area contributed by atoms with Crippen LogP contribution in [0, 0.1) is 5.92 Å². The van der Waals surface area contributed by atoms with E-state index in [9.17, 15) is 9.59 Å². The Bertz CT molecular complexity index is 1100. The number of carbonyl (C=O) groups is 2. The standard InChI is InChI=1S/C25H26N2O4/c1-3-31-25(29)17-11-13-27(14-12-17)24(28)21-16-23(18-7-6-8-19(15-18)30-2)26-22-10-5-4-9-20(21)22/h4-10,15-17H,3,11-14H2,1-2H3. The normalized spacial score (nSPS) is 14.5. The molecule has 1 aromatic heterocycles. The van der Waals surface area contributed by atoms with E-state index < -0.39 is 0 Å².